The Bertz CT molecular complexity index is 516. The van der Waals surface area contributed by atoms with Crippen molar-refractivity contribution in [3.63, 3.8) is 0 Å². The fraction of sp³-hybridized carbons (Fsp3) is 0.562. The molecular weight excluding hydrogens is 292 g/mol. The highest BCUT2D eigenvalue weighted by Gasteiger charge is 2.27. The molecule has 0 aromatic heterocycles. The predicted octanol–water partition coefficient (Wildman–Crippen LogP) is 2.27. The monoisotopic (exact) mass is 313 g/mol. The highest BCUT2D eigenvalue weighted by molar-refractivity contribution is 5.72. The van der Waals surface area contributed by atoms with Crippen molar-refractivity contribution in [2.24, 2.45) is 5.92 Å². The first-order chi connectivity index (χ1) is 10.5. The molecule has 1 unspecified atom stereocenters. The Labute approximate surface area is 128 Å². The summed E-state index contributed by atoms with van der Waals surface area (Å²) in [5.74, 6) is -2.14. The first-order valence-corrected chi connectivity index (χ1v) is 7.53. The van der Waals surface area contributed by atoms with Crippen molar-refractivity contribution in [2.45, 2.75) is 25.9 Å². The predicted molar refractivity (Wildman–Crippen MR) is 77.1 cm³/mol. The fourth-order valence-corrected chi connectivity index (χ4v) is 2.68. The van der Waals surface area contributed by atoms with Gasteiger partial charge in [0.2, 0.25) is 0 Å². The zero-order valence-electron chi connectivity index (χ0n) is 12.6. The van der Waals surface area contributed by atoms with Gasteiger partial charge in [0, 0.05) is 6.54 Å². The van der Waals surface area contributed by atoms with Gasteiger partial charge in [-0.15, -0.1) is 0 Å². The molecule has 1 aliphatic heterocycles. The molecule has 122 valence electrons. The van der Waals surface area contributed by atoms with Crippen LogP contribution < -0.4 is 0 Å². The molecule has 0 amide bonds. The van der Waals surface area contributed by atoms with Crippen LogP contribution in [0.25, 0.3) is 0 Å². The summed E-state index contributed by atoms with van der Waals surface area (Å²) in [5.41, 5.74) is 0.353. The average Bonchev–Trinajstić information content (AvgIpc) is 2.51. The van der Waals surface area contributed by atoms with Crippen LogP contribution in [0.5, 0.6) is 0 Å². The van der Waals surface area contributed by atoms with E-state index in [4.69, 9.17) is 4.74 Å². The van der Waals surface area contributed by atoms with Crippen molar-refractivity contribution in [1.29, 1.82) is 0 Å². The third-order valence-electron chi connectivity index (χ3n) is 3.97. The molecule has 0 bridgehead atoms. The minimum Gasteiger partial charge on any atom is -0.466 e. The number of aliphatic hydroxyl groups excluding tert-OH is 1. The summed E-state index contributed by atoms with van der Waals surface area (Å²) in [6, 6.07) is 3.42. The zero-order valence-corrected chi connectivity index (χ0v) is 12.6. The minimum atomic E-state index is -0.961. The summed E-state index contributed by atoms with van der Waals surface area (Å²) >= 11 is 0. The number of piperidine rings is 1. The van der Waals surface area contributed by atoms with Gasteiger partial charge < -0.3 is 14.7 Å². The number of nitrogens with zero attached hydrogens (tertiary/aromatic N) is 1. The summed E-state index contributed by atoms with van der Waals surface area (Å²) in [6.45, 7) is 3.84. The second-order valence-electron chi connectivity index (χ2n) is 5.52. The second kappa shape index (κ2) is 7.65. The molecule has 2 rings (SSSR count). The molecule has 1 atom stereocenters. The van der Waals surface area contributed by atoms with Gasteiger partial charge >= 0.3 is 5.97 Å². The van der Waals surface area contributed by atoms with Crippen LogP contribution in [-0.2, 0) is 9.53 Å². The van der Waals surface area contributed by atoms with Crippen LogP contribution in [0.15, 0.2) is 18.2 Å². The van der Waals surface area contributed by atoms with Crippen molar-refractivity contribution in [3.8, 4) is 0 Å². The van der Waals surface area contributed by atoms with E-state index in [1.165, 1.54) is 6.07 Å². The third-order valence-corrected chi connectivity index (χ3v) is 3.97. The first-order valence-electron chi connectivity index (χ1n) is 7.53. The second-order valence-corrected chi connectivity index (χ2v) is 5.52. The Morgan fingerprint density at radius 3 is 2.64 bits per heavy atom. The van der Waals surface area contributed by atoms with Crippen molar-refractivity contribution in [3.05, 3.63) is 35.4 Å². The van der Waals surface area contributed by atoms with Gasteiger partial charge in [-0.05, 0) is 50.6 Å². The quantitative estimate of drug-likeness (QED) is 0.847. The highest BCUT2D eigenvalue weighted by Crippen LogP contribution is 2.22. The van der Waals surface area contributed by atoms with E-state index in [1.54, 1.807) is 6.92 Å². The summed E-state index contributed by atoms with van der Waals surface area (Å²) in [6.07, 6.45) is 0.487. The average molecular weight is 313 g/mol. The molecular formula is C16H21F2NO3. The largest absolute Gasteiger partial charge is 0.466 e. The Morgan fingerprint density at radius 2 is 2.05 bits per heavy atom. The van der Waals surface area contributed by atoms with Gasteiger partial charge in [0.25, 0.3) is 0 Å². The number of aliphatic hydroxyl groups is 1. The molecule has 1 aromatic carbocycles. The number of carbonyl (C=O) groups is 1. The number of esters is 1. The molecule has 1 heterocycles. The Morgan fingerprint density at radius 1 is 1.36 bits per heavy atom. The molecule has 1 fully saturated rings. The Kier molecular flexibility index (Phi) is 5.85. The maximum absolute atomic E-state index is 13.2. The van der Waals surface area contributed by atoms with E-state index in [1.807, 2.05) is 4.90 Å². The fourth-order valence-electron chi connectivity index (χ4n) is 2.68. The number of β-amino-alcohol motifs (C(OH)–C–C–N with tert-alkyl or cyclic N) is 1. The van der Waals surface area contributed by atoms with E-state index in [2.05, 4.69) is 0 Å². The van der Waals surface area contributed by atoms with Gasteiger partial charge in [-0.25, -0.2) is 8.78 Å². The van der Waals surface area contributed by atoms with Crippen molar-refractivity contribution >= 4 is 5.97 Å². The molecule has 6 heteroatoms. The number of carbonyl (C=O) groups excluding carboxylic acids is 1. The molecule has 1 saturated heterocycles. The van der Waals surface area contributed by atoms with Crippen LogP contribution in [0, 0.1) is 17.6 Å². The lowest BCUT2D eigenvalue weighted by molar-refractivity contribution is -0.149. The van der Waals surface area contributed by atoms with Crippen LogP contribution in [0.2, 0.25) is 0 Å². The van der Waals surface area contributed by atoms with Crippen LogP contribution in [0.4, 0.5) is 8.78 Å². The first kappa shape index (κ1) is 16.8. The third kappa shape index (κ3) is 4.24. The summed E-state index contributed by atoms with van der Waals surface area (Å²) in [5, 5.41) is 10.1. The van der Waals surface area contributed by atoms with E-state index < -0.39 is 17.7 Å². The number of hydrogen-bond donors (Lipinski definition) is 1. The van der Waals surface area contributed by atoms with E-state index in [-0.39, 0.29) is 11.9 Å². The van der Waals surface area contributed by atoms with Crippen LogP contribution in [0.1, 0.15) is 31.4 Å². The molecule has 1 aromatic rings. The molecule has 4 nitrogen and oxygen atoms in total. The van der Waals surface area contributed by atoms with Crippen LogP contribution >= 0.6 is 0 Å². The number of halogens is 2. The number of ether oxygens (including phenoxy) is 1. The maximum Gasteiger partial charge on any atom is 0.309 e. The lowest BCUT2D eigenvalue weighted by Gasteiger charge is -2.32. The number of benzene rings is 1. The van der Waals surface area contributed by atoms with Gasteiger partial charge in [0.15, 0.2) is 11.6 Å². The van der Waals surface area contributed by atoms with Crippen molar-refractivity contribution < 1.29 is 23.4 Å². The SMILES string of the molecule is CCOC(=O)C1CCN(CC(O)c2ccc(F)c(F)c2)CC1. The van der Waals surface area contributed by atoms with E-state index >= 15 is 0 Å². The number of hydrogen-bond acceptors (Lipinski definition) is 4. The van der Waals surface area contributed by atoms with E-state index in [0.29, 0.717) is 44.6 Å². The normalized spacial score (nSPS) is 18.2. The maximum atomic E-state index is 13.2. The summed E-state index contributed by atoms with van der Waals surface area (Å²) in [4.78, 5) is 13.7. The molecule has 0 spiro atoms. The topological polar surface area (TPSA) is 49.8 Å². The number of likely N-dealkylation sites (tertiary alicyclic amines) is 1. The molecule has 1 aliphatic rings. The zero-order chi connectivity index (χ0) is 16.1. The van der Waals surface area contributed by atoms with Crippen LogP contribution in [-0.4, -0.2) is 42.2 Å². The molecule has 0 aliphatic carbocycles. The summed E-state index contributed by atoms with van der Waals surface area (Å²) < 4.78 is 31.1. The highest BCUT2D eigenvalue weighted by atomic mass is 19.2. The van der Waals surface area contributed by atoms with Gasteiger partial charge in [-0.3, -0.25) is 4.79 Å². The standard InChI is InChI=1S/C16H21F2NO3/c1-2-22-16(21)11-5-7-19(8-6-11)10-15(20)12-3-4-13(17)14(18)9-12/h3-4,9,11,15,20H,2,5-8,10H2,1H3. The summed E-state index contributed by atoms with van der Waals surface area (Å²) in [7, 11) is 0. The number of rotatable bonds is 5. The lowest BCUT2D eigenvalue weighted by atomic mass is 9.96. The van der Waals surface area contributed by atoms with Crippen LogP contribution in [0.3, 0.4) is 0 Å². The molecule has 0 saturated carbocycles. The van der Waals surface area contributed by atoms with Gasteiger partial charge in [-0.2, -0.15) is 0 Å². The molecule has 1 N–H and O–H groups in total. The van der Waals surface area contributed by atoms with Crippen molar-refractivity contribution in [1.82, 2.24) is 4.90 Å². The van der Waals surface area contributed by atoms with Crippen molar-refractivity contribution in [2.75, 3.05) is 26.2 Å². The Balaban J connectivity index is 1.85. The van der Waals surface area contributed by atoms with Gasteiger partial charge in [0.1, 0.15) is 0 Å². The minimum absolute atomic E-state index is 0.0865. The lowest BCUT2D eigenvalue weighted by Crippen LogP contribution is -2.39. The van der Waals surface area contributed by atoms with E-state index in [9.17, 15) is 18.7 Å². The Hall–Kier alpha value is -1.53. The van der Waals surface area contributed by atoms with E-state index in [0.717, 1.165) is 12.1 Å². The molecule has 22 heavy (non-hydrogen) atoms. The van der Waals surface area contributed by atoms with Gasteiger partial charge in [-0.1, -0.05) is 6.07 Å². The van der Waals surface area contributed by atoms with Gasteiger partial charge in [0.05, 0.1) is 18.6 Å². The molecule has 0 radical (unpaired) electrons. The smallest absolute Gasteiger partial charge is 0.309 e.